The molecule has 0 radical (unpaired) electrons. The lowest BCUT2D eigenvalue weighted by atomic mass is 10.1. The number of rotatable bonds is 6. The maximum atomic E-state index is 11.2. The third-order valence-electron chi connectivity index (χ3n) is 6.95. The molecule has 1 aliphatic rings. The molecule has 49 heavy (non-hydrogen) atoms. The van der Waals surface area contributed by atoms with Crippen LogP contribution < -0.4 is 0 Å². The van der Waals surface area contributed by atoms with Gasteiger partial charge in [0.2, 0.25) is 10.3 Å². The Morgan fingerprint density at radius 2 is 1.16 bits per heavy atom. The van der Waals surface area contributed by atoms with Gasteiger partial charge in [-0.25, -0.2) is 0 Å². The first-order valence-corrected chi connectivity index (χ1v) is 17.8. The van der Waals surface area contributed by atoms with Gasteiger partial charge in [0.15, 0.2) is 0 Å². The van der Waals surface area contributed by atoms with Gasteiger partial charge in [0.1, 0.15) is 22.9 Å². The average Bonchev–Trinajstić information content (AvgIpc) is 3.07. The molecule has 1 aliphatic carbocycles. The molecule has 0 heterocycles. The fourth-order valence-electron chi connectivity index (χ4n) is 4.51. The number of nitrogens with zero attached hydrogens (tertiary/aromatic N) is 4. The molecule has 0 fully saturated rings. The van der Waals surface area contributed by atoms with Gasteiger partial charge in [0.25, 0.3) is 20.2 Å². The second-order valence-corrected chi connectivity index (χ2v) is 14.0. The van der Waals surface area contributed by atoms with Crippen LogP contribution >= 0.6 is 0 Å². The van der Waals surface area contributed by atoms with Gasteiger partial charge in [-0.3, -0.25) is 9.11 Å². The van der Waals surface area contributed by atoms with Crippen LogP contribution in [0.1, 0.15) is 6.42 Å². The summed E-state index contributed by atoms with van der Waals surface area (Å²) in [5.41, 5.74) is 1.28. The molecular weight excluding hydrogens is 697 g/mol. The first-order valence-electron chi connectivity index (χ1n) is 13.9. The first kappa shape index (κ1) is 34.7. The fourth-order valence-corrected chi connectivity index (χ4v) is 5.91. The van der Waals surface area contributed by atoms with Crippen molar-refractivity contribution in [2.45, 2.75) is 16.2 Å². The number of phenolic OH excluding ortho intramolecular Hbond substituents is 2. The second-order valence-electron chi connectivity index (χ2n) is 10.2. The summed E-state index contributed by atoms with van der Waals surface area (Å²) in [5, 5.41) is 38.6. The predicted octanol–water partition coefficient (Wildman–Crippen LogP) is 6.98. The summed E-state index contributed by atoms with van der Waals surface area (Å²) in [6.07, 6.45) is 4.67. The maximum Gasteiger partial charge on any atom is 0.294 e. The number of azo groups is 2. The van der Waals surface area contributed by atoms with Crippen LogP contribution in [0.25, 0.3) is 21.5 Å². The van der Waals surface area contributed by atoms with Crippen molar-refractivity contribution in [3.05, 3.63) is 115 Å². The third kappa shape index (κ3) is 8.47. The molecule has 0 saturated carbocycles. The van der Waals surface area contributed by atoms with E-state index in [1.54, 1.807) is 12.1 Å². The van der Waals surface area contributed by atoms with E-state index in [9.17, 15) is 35.5 Å². The van der Waals surface area contributed by atoms with Crippen molar-refractivity contribution >= 4 is 74.0 Å². The Balaban J connectivity index is 0.000000192. The van der Waals surface area contributed by atoms with Crippen LogP contribution in [0, 0.1) is 0 Å². The fraction of sp³-hybridized carbons (Fsp3) is 0.0312. The highest BCUT2D eigenvalue weighted by Gasteiger charge is 2.14. The lowest BCUT2D eigenvalue weighted by molar-refractivity contribution is 0.476. The van der Waals surface area contributed by atoms with Crippen molar-refractivity contribution in [3.63, 3.8) is 0 Å². The number of aromatic hydroxyl groups is 2. The Kier molecular flexibility index (Phi) is 10.1. The van der Waals surface area contributed by atoms with E-state index in [1.165, 1.54) is 72.8 Å². The van der Waals surface area contributed by atoms with Crippen LogP contribution in [0.15, 0.2) is 145 Å². The molecule has 17 heteroatoms. The zero-order chi connectivity index (χ0) is 35.3. The molecule has 0 bridgehead atoms. The minimum Gasteiger partial charge on any atom is -0.506 e. The lowest BCUT2D eigenvalue weighted by Gasteiger charge is -2.06. The second kappa shape index (κ2) is 14.3. The molecule has 0 saturated heterocycles. The first-order chi connectivity index (χ1) is 23.2. The van der Waals surface area contributed by atoms with E-state index in [0.717, 1.165) is 10.8 Å². The Morgan fingerprint density at radius 1 is 0.592 bits per heavy atom. The van der Waals surface area contributed by atoms with E-state index in [-0.39, 0.29) is 38.3 Å². The highest BCUT2D eigenvalue weighted by Crippen LogP contribution is 2.37. The van der Waals surface area contributed by atoms with E-state index in [2.05, 4.69) is 20.5 Å². The minimum atomic E-state index is -4.35. The van der Waals surface area contributed by atoms with Crippen LogP contribution in [0.5, 0.6) is 11.5 Å². The van der Waals surface area contributed by atoms with E-state index in [0.29, 0.717) is 27.8 Å². The number of allylic oxidation sites excluding steroid dienone is 3. The van der Waals surface area contributed by atoms with Gasteiger partial charge in [0.05, 0.1) is 26.0 Å². The average molecular weight is 721 g/mol. The maximum absolute atomic E-state index is 11.2. The van der Waals surface area contributed by atoms with Crippen LogP contribution in [0.2, 0.25) is 0 Å². The van der Waals surface area contributed by atoms with Gasteiger partial charge in [-0.15, -0.1) is 10.2 Å². The topological polar surface area (TPSA) is 233 Å². The van der Waals surface area contributed by atoms with Crippen molar-refractivity contribution in [3.8, 4) is 11.5 Å². The predicted molar refractivity (Wildman–Crippen MR) is 182 cm³/mol. The Bertz CT molecular complexity index is 2590. The molecule has 0 aliphatic heterocycles. The number of hydrogen-bond donors (Lipinski definition) is 4. The molecule has 6 rings (SSSR count). The molecule has 5 aromatic rings. The Morgan fingerprint density at radius 3 is 1.76 bits per heavy atom. The quantitative estimate of drug-likeness (QED) is 0.0798. The summed E-state index contributed by atoms with van der Waals surface area (Å²) >= 11 is 0. The van der Waals surface area contributed by atoms with Gasteiger partial charge >= 0.3 is 0 Å². The Labute approximate surface area is 280 Å². The van der Waals surface area contributed by atoms with Crippen molar-refractivity contribution in [2.24, 2.45) is 20.5 Å². The van der Waals surface area contributed by atoms with E-state index in [4.69, 9.17) is 9.11 Å². The lowest BCUT2D eigenvalue weighted by Crippen LogP contribution is -1.97. The van der Waals surface area contributed by atoms with Gasteiger partial charge in [-0.2, -0.15) is 35.5 Å². The molecule has 0 unspecified atom stereocenters. The van der Waals surface area contributed by atoms with Gasteiger partial charge in [0, 0.05) is 17.2 Å². The van der Waals surface area contributed by atoms with Crippen LogP contribution in [-0.2, 0) is 30.5 Å². The highest BCUT2D eigenvalue weighted by atomic mass is 32.2. The number of phenols is 2. The highest BCUT2D eigenvalue weighted by molar-refractivity contribution is 7.86. The summed E-state index contributed by atoms with van der Waals surface area (Å²) in [4.78, 5) is -0.260. The summed E-state index contributed by atoms with van der Waals surface area (Å²) in [7, 11) is -10.9. The van der Waals surface area contributed by atoms with Crippen LogP contribution in [-0.4, -0.2) is 49.4 Å². The standard InChI is InChI=1S/C16H12N2O6S2.C16H12N2O4S/c19-15-8-1-10-9-13(26(22,23)24)6-7-14(10)16(15)18-17-11-2-4-12(5-3-11)25(20)21;19-15-10-5-11-3-1-2-4-14(11)16(15)18-17-12-6-8-13(9-7-12)23(20,21)22/h1-4,6-9,19H,5H2,(H,22,23,24);1-10,19H,(H,20,21,22). The van der Waals surface area contributed by atoms with Crippen molar-refractivity contribution in [1.29, 1.82) is 0 Å². The van der Waals surface area contributed by atoms with Gasteiger partial charge in [-0.1, -0.05) is 48.5 Å². The summed E-state index contributed by atoms with van der Waals surface area (Å²) < 4.78 is 84.2. The number of hydrogen-bond acceptors (Lipinski definition) is 12. The SMILES string of the molecule is O=S(=O)(O)c1ccc(N=Nc2c(O)ccc3ccccc23)cc1.O=S(=O)=C1C=CC(N=Nc2c(O)ccc3cc(S(=O)(=O)O)ccc23)=CC1. The summed E-state index contributed by atoms with van der Waals surface area (Å²) in [6.45, 7) is 0. The van der Waals surface area contributed by atoms with E-state index >= 15 is 0 Å². The zero-order valence-corrected chi connectivity index (χ0v) is 27.3. The van der Waals surface area contributed by atoms with E-state index < -0.39 is 30.5 Å². The van der Waals surface area contributed by atoms with E-state index in [1.807, 2.05) is 24.3 Å². The summed E-state index contributed by atoms with van der Waals surface area (Å²) in [6, 6.07) is 22.7. The molecular formula is C32H24N4O10S3. The zero-order valence-electron chi connectivity index (χ0n) is 24.9. The van der Waals surface area contributed by atoms with Crippen molar-refractivity contribution < 1.29 is 44.6 Å². The van der Waals surface area contributed by atoms with Crippen molar-refractivity contribution in [2.75, 3.05) is 0 Å². The third-order valence-corrected chi connectivity index (χ3v) is 9.40. The number of benzene rings is 5. The molecule has 0 amide bonds. The van der Waals surface area contributed by atoms with Crippen LogP contribution in [0.3, 0.4) is 0 Å². The Hall–Kier alpha value is -5.59. The minimum absolute atomic E-state index is 0.00186. The molecule has 0 atom stereocenters. The largest absolute Gasteiger partial charge is 0.506 e. The molecule has 250 valence electrons. The van der Waals surface area contributed by atoms with Gasteiger partial charge < -0.3 is 10.2 Å². The monoisotopic (exact) mass is 720 g/mol. The number of fused-ring (bicyclic) bond motifs is 2. The molecule has 5 aromatic carbocycles. The van der Waals surface area contributed by atoms with Crippen molar-refractivity contribution in [1.82, 2.24) is 0 Å². The molecule has 0 aromatic heterocycles. The summed E-state index contributed by atoms with van der Waals surface area (Å²) in [5.74, 6) is -0.156. The molecule has 0 spiro atoms. The molecule has 4 N–H and O–H groups in total. The van der Waals surface area contributed by atoms with Crippen LogP contribution in [0.4, 0.5) is 17.1 Å². The molecule has 14 nitrogen and oxygen atoms in total. The normalized spacial score (nSPS) is 13.5. The smallest absolute Gasteiger partial charge is 0.294 e. The van der Waals surface area contributed by atoms with Gasteiger partial charge in [-0.05, 0) is 71.5 Å².